The van der Waals surface area contributed by atoms with Crippen molar-refractivity contribution in [3.63, 3.8) is 0 Å². The number of H-pyrrole nitrogens is 1. The van der Waals surface area contributed by atoms with Crippen LogP contribution in [0.5, 0.6) is 0 Å². The molecule has 0 fully saturated rings. The molecule has 1 aromatic carbocycles. The van der Waals surface area contributed by atoms with Crippen LogP contribution in [-0.4, -0.2) is 15.1 Å². The summed E-state index contributed by atoms with van der Waals surface area (Å²) in [6.07, 6.45) is 0. The molecular formula is C15H20N2O. The molecule has 0 aliphatic heterocycles. The number of aryl methyl sites for hydroxylation is 3. The van der Waals surface area contributed by atoms with Crippen LogP contribution in [-0.2, 0) is 5.60 Å². The Hall–Kier alpha value is -1.61. The van der Waals surface area contributed by atoms with Gasteiger partial charge in [-0.3, -0.25) is 0 Å². The largest absolute Gasteiger partial charge is 0.383 e. The zero-order chi connectivity index (χ0) is 13.5. The molecule has 0 saturated carbocycles. The van der Waals surface area contributed by atoms with E-state index in [1.807, 2.05) is 6.92 Å². The van der Waals surface area contributed by atoms with Crippen LogP contribution in [0.1, 0.15) is 36.5 Å². The molecule has 0 amide bonds. The first-order chi connectivity index (χ1) is 8.29. The maximum Gasteiger partial charge on any atom is 0.138 e. The second-order valence-corrected chi connectivity index (χ2v) is 5.44. The third-order valence-electron chi connectivity index (χ3n) is 3.11. The molecule has 0 aliphatic carbocycles. The molecule has 0 radical (unpaired) electrons. The second-order valence-electron chi connectivity index (χ2n) is 5.44. The second kappa shape index (κ2) is 4.25. The van der Waals surface area contributed by atoms with Crippen molar-refractivity contribution in [3.8, 4) is 11.3 Å². The van der Waals surface area contributed by atoms with Crippen LogP contribution in [0.2, 0.25) is 0 Å². The van der Waals surface area contributed by atoms with Crippen molar-refractivity contribution >= 4 is 0 Å². The Morgan fingerprint density at radius 2 is 1.83 bits per heavy atom. The van der Waals surface area contributed by atoms with E-state index >= 15 is 0 Å². The number of rotatable bonds is 2. The molecule has 2 rings (SSSR count). The molecule has 18 heavy (non-hydrogen) atoms. The minimum atomic E-state index is -0.944. The van der Waals surface area contributed by atoms with Crippen LogP contribution in [0, 0.1) is 20.8 Å². The van der Waals surface area contributed by atoms with Gasteiger partial charge in [0.1, 0.15) is 11.4 Å². The van der Waals surface area contributed by atoms with Crippen molar-refractivity contribution in [1.29, 1.82) is 0 Å². The molecule has 96 valence electrons. The number of aromatic nitrogens is 2. The van der Waals surface area contributed by atoms with Gasteiger partial charge in [-0.25, -0.2) is 4.98 Å². The maximum atomic E-state index is 10.0. The molecular weight excluding hydrogens is 224 g/mol. The van der Waals surface area contributed by atoms with Gasteiger partial charge in [-0.1, -0.05) is 17.7 Å². The SMILES string of the molecule is Cc1ccc(C)c(-c2nc(C(C)(C)O)[nH]c2C)c1. The highest BCUT2D eigenvalue weighted by Gasteiger charge is 2.22. The lowest BCUT2D eigenvalue weighted by Gasteiger charge is -2.12. The highest BCUT2D eigenvalue weighted by atomic mass is 16.3. The van der Waals surface area contributed by atoms with Crippen LogP contribution in [0.4, 0.5) is 0 Å². The number of imidazole rings is 1. The minimum Gasteiger partial charge on any atom is -0.383 e. The zero-order valence-corrected chi connectivity index (χ0v) is 11.6. The van der Waals surface area contributed by atoms with Crippen LogP contribution in [0.25, 0.3) is 11.3 Å². The highest BCUT2D eigenvalue weighted by Crippen LogP contribution is 2.28. The highest BCUT2D eigenvalue weighted by molar-refractivity contribution is 5.66. The lowest BCUT2D eigenvalue weighted by Crippen LogP contribution is -2.17. The normalized spacial score (nSPS) is 11.9. The van der Waals surface area contributed by atoms with Crippen molar-refractivity contribution < 1.29 is 5.11 Å². The molecule has 3 heteroatoms. The average molecular weight is 244 g/mol. The van der Waals surface area contributed by atoms with Gasteiger partial charge >= 0.3 is 0 Å². The Balaban J connectivity index is 2.58. The molecule has 1 heterocycles. The fraction of sp³-hybridized carbons (Fsp3) is 0.400. The van der Waals surface area contributed by atoms with Crippen molar-refractivity contribution in [2.45, 2.75) is 40.2 Å². The van der Waals surface area contributed by atoms with Gasteiger partial charge in [-0.15, -0.1) is 0 Å². The van der Waals surface area contributed by atoms with E-state index in [1.165, 1.54) is 11.1 Å². The fourth-order valence-electron chi connectivity index (χ4n) is 2.00. The van der Waals surface area contributed by atoms with Crippen molar-refractivity contribution in [2.75, 3.05) is 0 Å². The quantitative estimate of drug-likeness (QED) is 0.852. The average Bonchev–Trinajstić information content (AvgIpc) is 2.64. The van der Waals surface area contributed by atoms with Crippen molar-refractivity contribution in [3.05, 3.63) is 40.8 Å². The van der Waals surface area contributed by atoms with Gasteiger partial charge in [0.2, 0.25) is 0 Å². The number of nitrogens with one attached hydrogen (secondary N) is 1. The van der Waals surface area contributed by atoms with E-state index < -0.39 is 5.60 Å². The summed E-state index contributed by atoms with van der Waals surface area (Å²) in [5.74, 6) is 0.607. The molecule has 2 N–H and O–H groups in total. The Kier molecular flexibility index (Phi) is 3.03. The van der Waals surface area contributed by atoms with E-state index in [4.69, 9.17) is 0 Å². The van der Waals surface area contributed by atoms with Gasteiger partial charge < -0.3 is 10.1 Å². The number of hydrogen-bond donors (Lipinski definition) is 2. The molecule has 0 aliphatic rings. The Morgan fingerprint density at radius 3 is 2.39 bits per heavy atom. The summed E-state index contributed by atoms with van der Waals surface area (Å²) in [5.41, 5.74) is 4.49. The Bertz CT molecular complexity index is 577. The van der Waals surface area contributed by atoms with E-state index in [0.29, 0.717) is 5.82 Å². The summed E-state index contributed by atoms with van der Waals surface area (Å²) < 4.78 is 0. The van der Waals surface area contributed by atoms with Gasteiger partial charge in [-0.05, 0) is 46.2 Å². The monoisotopic (exact) mass is 244 g/mol. The molecule has 0 bridgehead atoms. The Morgan fingerprint density at radius 1 is 1.17 bits per heavy atom. The number of hydrogen-bond acceptors (Lipinski definition) is 2. The fourth-order valence-corrected chi connectivity index (χ4v) is 2.00. The predicted octanol–water partition coefficient (Wildman–Crippen LogP) is 3.23. The lowest BCUT2D eigenvalue weighted by atomic mass is 10.0. The topological polar surface area (TPSA) is 48.9 Å². The van der Waals surface area contributed by atoms with E-state index in [0.717, 1.165) is 17.0 Å². The minimum absolute atomic E-state index is 0.607. The number of benzene rings is 1. The Labute approximate surface area is 108 Å². The summed E-state index contributed by atoms with van der Waals surface area (Å²) in [6, 6.07) is 6.33. The smallest absolute Gasteiger partial charge is 0.138 e. The first-order valence-corrected chi connectivity index (χ1v) is 6.16. The van der Waals surface area contributed by atoms with Crippen molar-refractivity contribution in [2.24, 2.45) is 0 Å². The van der Waals surface area contributed by atoms with Gasteiger partial charge in [0.15, 0.2) is 0 Å². The zero-order valence-electron chi connectivity index (χ0n) is 11.6. The molecule has 1 aromatic heterocycles. The molecule has 0 saturated heterocycles. The summed E-state index contributed by atoms with van der Waals surface area (Å²) in [4.78, 5) is 7.72. The summed E-state index contributed by atoms with van der Waals surface area (Å²) in [6.45, 7) is 9.60. The summed E-state index contributed by atoms with van der Waals surface area (Å²) in [5, 5.41) is 10.0. The molecule has 2 aromatic rings. The standard InChI is InChI=1S/C15H20N2O/c1-9-6-7-10(2)12(8-9)13-11(3)16-14(17-13)15(4,5)18/h6-8,18H,1-5H3,(H,16,17). The van der Waals surface area contributed by atoms with Gasteiger partial charge in [0.25, 0.3) is 0 Å². The van der Waals surface area contributed by atoms with Gasteiger partial charge in [-0.2, -0.15) is 0 Å². The van der Waals surface area contributed by atoms with Crippen LogP contribution in [0.3, 0.4) is 0 Å². The molecule has 3 nitrogen and oxygen atoms in total. The van der Waals surface area contributed by atoms with Gasteiger partial charge in [0, 0.05) is 11.3 Å². The number of nitrogens with zero attached hydrogens (tertiary/aromatic N) is 1. The summed E-state index contributed by atoms with van der Waals surface area (Å²) in [7, 11) is 0. The number of aliphatic hydroxyl groups is 1. The molecule has 0 atom stereocenters. The third kappa shape index (κ3) is 2.31. The maximum absolute atomic E-state index is 10.0. The molecule has 0 spiro atoms. The first-order valence-electron chi connectivity index (χ1n) is 6.16. The van der Waals surface area contributed by atoms with Crippen LogP contribution < -0.4 is 0 Å². The predicted molar refractivity (Wildman–Crippen MR) is 73.5 cm³/mol. The van der Waals surface area contributed by atoms with E-state index in [9.17, 15) is 5.11 Å². The van der Waals surface area contributed by atoms with E-state index in [1.54, 1.807) is 13.8 Å². The van der Waals surface area contributed by atoms with Crippen LogP contribution in [0.15, 0.2) is 18.2 Å². The van der Waals surface area contributed by atoms with Gasteiger partial charge in [0.05, 0.1) is 5.69 Å². The van der Waals surface area contributed by atoms with E-state index in [2.05, 4.69) is 42.0 Å². The van der Waals surface area contributed by atoms with Crippen LogP contribution >= 0.6 is 0 Å². The lowest BCUT2D eigenvalue weighted by molar-refractivity contribution is 0.0696. The first kappa shape index (κ1) is 12.8. The number of aromatic amines is 1. The van der Waals surface area contributed by atoms with E-state index in [-0.39, 0.29) is 0 Å². The summed E-state index contributed by atoms with van der Waals surface area (Å²) >= 11 is 0. The third-order valence-corrected chi connectivity index (χ3v) is 3.11. The molecule has 0 unspecified atom stereocenters. The van der Waals surface area contributed by atoms with Crippen molar-refractivity contribution in [1.82, 2.24) is 9.97 Å².